The molecule has 1 heterocycles. The van der Waals surface area contributed by atoms with Crippen molar-refractivity contribution in [1.29, 1.82) is 0 Å². The molecule has 1 amide bonds. The molecule has 2 N–H and O–H groups in total. The van der Waals surface area contributed by atoms with Crippen molar-refractivity contribution < 1.29 is 24.2 Å². The molecular weight excluding hydrogens is 332 g/mol. The van der Waals surface area contributed by atoms with E-state index in [1.54, 1.807) is 7.11 Å². The van der Waals surface area contributed by atoms with Gasteiger partial charge in [0.05, 0.1) is 13.2 Å². The van der Waals surface area contributed by atoms with E-state index in [1.165, 1.54) is 16.7 Å². The van der Waals surface area contributed by atoms with Gasteiger partial charge in [-0.05, 0) is 11.6 Å². The Morgan fingerprint density at radius 2 is 2.17 bits per heavy atom. The van der Waals surface area contributed by atoms with Crippen LogP contribution in [0, 0.1) is 0 Å². The predicted octanol–water partition coefficient (Wildman–Crippen LogP) is 1.79. The number of amides is 1. The second-order valence-electron chi connectivity index (χ2n) is 4.87. The zero-order valence-corrected chi connectivity index (χ0v) is 14.0. The first-order valence-electron chi connectivity index (χ1n) is 7.21. The Morgan fingerprint density at radius 1 is 1.33 bits per heavy atom. The highest BCUT2D eigenvalue weighted by atomic mass is 32.1. The van der Waals surface area contributed by atoms with Crippen molar-refractivity contribution in [2.75, 3.05) is 26.9 Å². The van der Waals surface area contributed by atoms with Gasteiger partial charge in [-0.3, -0.25) is 4.79 Å². The maximum absolute atomic E-state index is 11.7. The highest BCUT2D eigenvalue weighted by molar-refractivity contribution is 7.13. The molecule has 0 unspecified atom stereocenters. The SMILES string of the molecule is COCCOCC(=O)NCc1cccc(-c2nc(C(=O)O)cs2)c1. The van der Waals surface area contributed by atoms with Gasteiger partial charge < -0.3 is 19.9 Å². The highest BCUT2D eigenvalue weighted by Gasteiger charge is 2.10. The number of aromatic carboxylic acids is 1. The summed E-state index contributed by atoms with van der Waals surface area (Å²) >= 11 is 1.27. The van der Waals surface area contributed by atoms with Gasteiger partial charge in [0, 0.05) is 24.6 Å². The van der Waals surface area contributed by atoms with Gasteiger partial charge in [0.15, 0.2) is 5.69 Å². The Hall–Kier alpha value is -2.29. The number of carbonyl (C=O) groups excluding carboxylic acids is 1. The van der Waals surface area contributed by atoms with Crippen molar-refractivity contribution >= 4 is 23.2 Å². The lowest BCUT2D eigenvalue weighted by Gasteiger charge is -2.07. The molecule has 0 spiro atoms. The molecular formula is C16H18N2O5S. The number of hydrogen-bond acceptors (Lipinski definition) is 6. The lowest BCUT2D eigenvalue weighted by Crippen LogP contribution is -2.27. The molecule has 8 heteroatoms. The van der Waals surface area contributed by atoms with Gasteiger partial charge in [0.1, 0.15) is 11.6 Å². The molecule has 1 aromatic carbocycles. The largest absolute Gasteiger partial charge is 0.476 e. The molecule has 0 radical (unpaired) electrons. The summed E-state index contributed by atoms with van der Waals surface area (Å²) in [5.74, 6) is -1.26. The van der Waals surface area contributed by atoms with E-state index in [0.29, 0.717) is 24.8 Å². The summed E-state index contributed by atoms with van der Waals surface area (Å²) < 4.78 is 9.97. The summed E-state index contributed by atoms with van der Waals surface area (Å²) in [7, 11) is 1.57. The standard InChI is InChI=1S/C16H18N2O5S/c1-22-5-6-23-9-14(19)17-8-11-3-2-4-12(7-11)15-18-13(10-24-15)16(20)21/h2-4,7,10H,5-6,8-9H2,1H3,(H,17,19)(H,20,21). The molecule has 0 aliphatic heterocycles. The van der Waals surface area contributed by atoms with Crippen molar-refractivity contribution in [3.05, 3.63) is 40.9 Å². The summed E-state index contributed by atoms with van der Waals surface area (Å²) in [4.78, 5) is 26.6. The summed E-state index contributed by atoms with van der Waals surface area (Å²) in [6.07, 6.45) is 0. The second kappa shape index (κ2) is 9.11. The topological polar surface area (TPSA) is 97.8 Å². The third-order valence-electron chi connectivity index (χ3n) is 3.05. The monoisotopic (exact) mass is 350 g/mol. The summed E-state index contributed by atoms with van der Waals surface area (Å²) in [6, 6.07) is 7.44. The van der Waals surface area contributed by atoms with E-state index in [9.17, 15) is 9.59 Å². The Balaban J connectivity index is 1.90. The van der Waals surface area contributed by atoms with Gasteiger partial charge >= 0.3 is 5.97 Å². The third kappa shape index (κ3) is 5.41. The average molecular weight is 350 g/mol. The Bertz CT molecular complexity index is 701. The fraction of sp³-hybridized carbons (Fsp3) is 0.312. The van der Waals surface area contributed by atoms with E-state index in [-0.39, 0.29) is 18.2 Å². The van der Waals surface area contributed by atoms with Crippen LogP contribution in [0.5, 0.6) is 0 Å². The summed E-state index contributed by atoms with van der Waals surface area (Å²) in [5, 5.41) is 13.8. The van der Waals surface area contributed by atoms with E-state index >= 15 is 0 Å². The van der Waals surface area contributed by atoms with Crippen LogP contribution in [-0.4, -0.2) is 48.9 Å². The van der Waals surface area contributed by atoms with Crippen LogP contribution in [-0.2, 0) is 20.8 Å². The van der Waals surface area contributed by atoms with Gasteiger partial charge in [0.2, 0.25) is 5.91 Å². The number of methoxy groups -OCH3 is 1. The zero-order valence-electron chi connectivity index (χ0n) is 13.2. The van der Waals surface area contributed by atoms with Crippen molar-refractivity contribution in [1.82, 2.24) is 10.3 Å². The number of benzene rings is 1. The van der Waals surface area contributed by atoms with Crippen LogP contribution in [0.4, 0.5) is 0 Å². The molecule has 0 aliphatic carbocycles. The van der Waals surface area contributed by atoms with Crippen molar-refractivity contribution in [3.63, 3.8) is 0 Å². The second-order valence-corrected chi connectivity index (χ2v) is 5.72. The first-order chi connectivity index (χ1) is 11.6. The molecule has 0 saturated carbocycles. The average Bonchev–Trinajstić information content (AvgIpc) is 3.08. The minimum Gasteiger partial charge on any atom is -0.476 e. The Labute approximate surface area is 143 Å². The molecule has 2 aromatic rings. The Kier molecular flexibility index (Phi) is 6.86. The molecule has 7 nitrogen and oxygen atoms in total. The number of carboxylic acids is 1. The summed E-state index contributed by atoms with van der Waals surface area (Å²) in [6.45, 7) is 1.16. The van der Waals surface area contributed by atoms with E-state index in [2.05, 4.69) is 10.3 Å². The number of nitrogens with one attached hydrogen (secondary N) is 1. The zero-order chi connectivity index (χ0) is 17.4. The number of ether oxygens (including phenoxy) is 2. The van der Waals surface area contributed by atoms with Crippen LogP contribution in [0.25, 0.3) is 10.6 Å². The van der Waals surface area contributed by atoms with Crippen molar-refractivity contribution in [2.45, 2.75) is 6.54 Å². The van der Waals surface area contributed by atoms with E-state index in [4.69, 9.17) is 14.6 Å². The molecule has 0 fully saturated rings. The van der Waals surface area contributed by atoms with E-state index in [1.807, 2.05) is 24.3 Å². The van der Waals surface area contributed by atoms with Gasteiger partial charge in [0.25, 0.3) is 0 Å². The van der Waals surface area contributed by atoms with Gasteiger partial charge in [-0.15, -0.1) is 11.3 Å². The maximum atomic E-state index is 11.7. The van der Waals surface area contributed by atoms with Gasteiger partial charge in [-0.2, -0.15) is 0 Å². The normalized spacial score (nSPS) is 10.5. The highest BCUT2D eigenvalue weighted by Crippen LogP contribution is 2.24. The summed E-state index contributed by atoms with van der Waals surface area (Å²) in [5.41, 5.74) is 1.74. The third-order valence-corrected chi connectivity index (χ3v) is 3.94. The fourth-order valence-corrected chi connectivity index (χ4v) is 2.67. The van der Waals surface area contributed by atoms with Gasteiger partial charge in [-0.1, -0.05) is 18.2 Å². The van der Waals surface area contributed by atoms with Crippen molar-refractivity contribution in [2.24, 2.45) is 0 Å². The van der Waals surface area contributed by atoms with Crippen LogP contribution in [0.2, 0.25) is 0 Å². The molecule has 0 atom stereocenters. The van der Waals surface area contributed by atoms with Crippen LogP contribution in [0.15, 0.2) is 29.6 Å². The number of nitrogens with zero attached hydrogens (tertiary/aromatic N) is 1. The van der Waals surface area contributed by atoms with Crippen molar-refractivity contribution in [3.8, 4) is 10.6 Å². The van der Waals surface area contributed by atoms with Crippen LogP contribution in [0.1, 0.15) is 16.1 Å². The van der Waals surface area contributed by atoms with Gasteiger partial charge in [-0.25, -0.2) is 9.78 Å². The minimum atomic E-state index is -1.05. The predicted molar refractivity (Wildman–Crippen MR) is 89.1 cm³/mol. The number of rotatable bonds is 9. The molecule has 24 heavy (non-hydrogen) atoms. The molecule has 0 aliphatic rings. The first-order valence-corrected chi connectivity index (χ1v) is 8.09. The lowest BCUT2D eigenvalue weighted by molar-refractivity contribution is -0.126. The molecule has 0 bridgehead atoms. The fourth-order valence-electron chi connectivity index (χ4n) is 1.88. The minimum absolute atomic E-state index is 0.0164. The number of thiazole rings is 1. The number of carbonyl (C=O) groups is 2. The van der Waals surface area contributed by atoms with Crippen LogP contribution in [0.3, 0.4) is 0 Å². The van der Waals surface area contributed by atoms with Crippen LogP contribution >= 0.6 is 11.3 Å². The van der Waals surface area contributed by atoms with E-state index < -0.39 is 5.97 Å². The maximum Gasteiger partial charge on any atom is 0.355 e. The number of carboxylic acid groups (broad SMARTS) is 1. The molecule has 0 saturated heterocycles. The van der Waals surface area contributed by atoms with E-state index in [0.717, 1.165) is 11.1 Å². The Morgan fingerprint density at radius 3 is 2.88 bits per heavy atom. The quantitative estimate of drug-likeness (QED) is 0.669. The smallest absolute Gasteiger partial charge is 0.355 e. The van der Waals surface area contributed by atoms with Crippen LogP contribution < -0.4 is 5.32 Å². The molecule has 1 aromatic heterocycles. The first kappa shape index (κ1) is 18.1. The lowest BCUT2D eigenvalue weighted by atomic mass is 10.1. The molecule has 128 valence electrons. The number of hydrogen-bond donors (Lipinski definition) is 2. The molecule has 2 rings (SSSR count). The number of aromatic nitrogens is 1.